The zero-order valence-electron chi connectivity index (χ0n) is 71.7. The highest BCUT2D eigenvalue weighted by Crippen LogP contribution is 2.32. The molecular formula is C101H97NO28. The van der Waals surface area contributed by atoms with Crippen LogP contribution in [0.1, 0.15) is 160 Å². The highest BCUT2D eigenvalue weighted by Gasteiger charge is 2.50. The summed E-state index contributed by atoms with van der Waals surface area (Å²) in [6.45, 7) is 15.5. The quantitative estimate of drug-likeness (QED) is 0.00709. The second-order valence-corrected chi connectivity index (χ2v) is 29.0. The van der Waals surface area contributed by atoms with Gasteiger partial charge in [0.1, 0.15) is 71.8 Å². The lowest BCUT2D eigenvalue weighted by molar-refractivity contribution is -0.139. The predicted molar refractivity (Wildman–Crippen MR) is 473 cm³/mol. The van der Waals surface area contributed by atoms with E-state index in [1.54, 1.807) is 19.2 Å². The smallest absolute Gasteiger partial charge is 0.490 e. The van der Waals surface area contributed by atoms with Crippen molar-refractivity contribution in [2.24, 2.45) is 0 Å². The fraction of sp³-hybridized carbons (Fsp3) is 0.248. The largest absolute Gasteiger partial charge is 0.513 e. The third-order valence-electron chi connectivity index (χ3n) is 19.8. The molecule has 29 heteroatoms. The summed E-state index contributed by atoms with van der Waals surface area (Å²) < 4.78 is 84.3. The van der Waals surface area contributed by atoms with Crippen LogP contribution in [0.4, 0.5) is 9.59 Å². The highest BCUT2D eigenvalue weighted by atomic mass is 16.7. The van der Waals surface area contributed by atoms with Gasteiger partial charge in [-0.1, -0.05) is 86.5 Å². The molecule has 1 amide bonds. The number of unbranched alkanes of at least 4 members (excludes halogenated alkanes) is 6. The molecule has 0 saturated carbocycles. The van der Waals surface area contributed by atoms with Crippen molar-refractivity contribution in [3.8, 4) is 40.2 Å². The number of hydrogen-bond donors (Lipinski definition) is 1. The summed E-state index contributed by atoms with van der Waals surface area (Å²) in [5.74, 6) is -2.72. The Labute approximate surface area is 749 Å². The Morgan fingerprint density at radius 1 is 0.362 bits per heavy atom. The normalized spacial score (nSPS) is 14.0. The first-order chi connectivity index (χ1) is 63.0. The van der Waals surface area contributed by atoms with Gasteiger partial charge in [-0.3, -0.25) is 9.59 Å². The standard InChI is InChI=1S/C38H38O14.C32H30O10.C31H29NO4/c1-3-32(39)45-20-6-4-5-7-21-46-38(43)51-29-18-12-25(13-19-29)36(41)49-27-14-8-24(9-15-27)35(40)50-28-16-10-26(11-17-28)37(42)52-31-23-48-33-30(44-2)22-47-34(31)33;1-3-29(34)38-20-6-4-5-7-21-39-32(37)42-28-18-12-25(13-19-28)31(36)41-27-16-10-24(11-17-27)30(35)40-26-14-8-23(9-15-26)22(2)33;1-3-30(33)36-20-19-35-27-17-13-24(14-18-27)21-23-11-15-26(16-12-23)31(34)32-22(2)28-10-6-8-25-7-4-5-9-29(25)28/h3,8-19,30-31,33-34H,1,4-7,20-23H2,2H3;3,8-19H,1,4-7,20-21H2,2H3;3-18,22H,1,19-21H2,2H3,(H,32,34)/t30-,31+,33?,34?;;22-/m1.0/s1. The molecule has 1 N–H and O–H groups in total. The lowest BCUT2D eigenvalue weighted by Gasteiger charge is -2.17. The number of fused-ring (bicyclic) bond motifs is 2. The third-order valence-corrected chi connectivity index (χ3v) is 19.8. The van der Waals surface area contributed by atoms with E-state index in [0.29, 0.717) is 68.1 Å². The molecule has 29 nitrogen and oxygen atoms in total. The summed E-state index contributed by atoms with van der Waals surface area (Å²) in [6.07, 6.45) is 6.77. The summed E-state index contributed by atoms with van der Waals surface area (Å²) in [4.78, 5) is 144. The number of methoxy groups -OCH3 is 1. The molecule has 0 bridgehead atoms. The molecule has 2 saturated heterocycles. The maximum absolute atomic E-state index is 12.9. The maximum Gasteiger partial charge on any atom is 0.513 e. The first-order valence-corrected chi connectivity index (χ1v) is 41.6. The van der Waals surface area contributed by atoms with Gasteiger partial charge in [0.2, 0.25) is 0 Å². The van der Waals surface area contributed by atoms with Crippen LogP contribution in [0.3, 0.4) is 0 Å². The molecule has 0 spiro atoms. The first-order valence-electron chi connectivity index (χ1n) is 41.6. The lowest BCUT2D eigenvalue weighted by Crippen LogP contribution is -2.34. The van der Waals surface area contributed by atoms with E-state index >= 15 is 0 Å². The highest BCUT2D eigenvalue weighted by molar-refractivity contribution is 5.97. The van der Waals surface area contributed by atoms with Crippen LogP contribution in [0.2, 0.25) is 0 Å². The van der Waals surface area contributed by atoms with E-state index in [1.165, 1.54) is 140 Å². The molecule has 130 heavy (non-hydrogen) atoms. The van der Waals surface area contributed by atoms with Crippen LogP contribution >= 0.6 is 0 Å². The zero-order chi connectivity index (χ0) is 92.5. The molecule has 5 atom stereocenters. The van der Waals surface area contributed by atoms with E-state index in [-0.39, 0.29) is 120 Å². The van der Waals surface area contributed by atoms with Crippen molar-refractivity contribution in [2.75, 3.05) is 60.0 Å². The van der Waals surface area contributed by atoms with Gasteiger partial charge in [-0.05, 0) is 269 Å². The van der Waals surface area contributed by atoms with Gasteiger partial charge in [0.05, 0.1) is 73.5 Å². The van der Waals surface area contributed by atoms with E-state index in [2.05, 4.69) is 49.3 Å². The molecule has 2 heterocycles. The monoisotopic (exact) mass is 1770 g/mol. The van der Waals surface area contributed by atoms with E-state index < -0.39 is 72.3 Å². The van der Waals surface area contributed by atoms with Gasteiger partial charge in [0.25, 0.3) is 5.91 Å². The van der Waals surface area contributed by atoms with E-state index in [4.69, 9.17) is 75.8 Å². The Kier molecular flexibility index (Phi) is 37.9. The molecule has 2 fully saturated rings. The minimum Gasteiger partial charge on any atom is -0.490 e. The lowest BCUT2D eigenvalue weighted by atomic mass is 9.99. The van der Waals surface area contributed by atoms with Crippen LogP contribution in [0.25, 0.3) is 10.8 Å². The van der Waals surface area contributed by atoms with E-state index in [0.717, 1.165) is 77.8 Å². The van der Waals surface area contributed by atoms with Gasteiger partial charge < -0.3 is 81.1 Å². The predicted octanol–water partition coefficient (Wildman–Crippen LogP) is 17.4. The number of carbonyl (C=O) groups is 12. The number of Topliss-reactive ketones (excluding diaryl/α,β-unsaturated/α-hetero) is 1. The zero-order valence-corrected chi connectivity index (χ0v) is 71.7. The van der Waals surface area contributed by atoms with Crippen LogP contribution in [-0.2, 0) is 63.4 Å². The van der Waals surface area contributed by atoms with Gasteiger partial charge in [0, 0.05) is 36.5 Å². The Morgan fingerprint density at radius 3 is 1.11 bits per heavy atom. The number of benzene rings is 10. The Morgan fingerprint density at radius 2 is 0.700 bits per heavy atom. The van der Waals surface area contributed by atoms with Gasteiger partial charge in [-0.25, -0.2) is 47.9 Å². The molecule has 2 aliphatic heterocycles. The molecule has 12 rings (SSSR count). The van der Waals surface area contributed by atoms with Crippen molar-refractivity contribution in [3.63, 3.8) is 0 Å². The van der Waals surface area contributed by atoms with Gasteiger partial charge >= 0.3 is 60.1 Å². The van der Waals surface area contributed by atoms with Gasteiger partial charge in [0.15, 0.2) is 11.9 Å². The minimum atomic E-state index is -0.875. The number of esters is 8. The average Bonchev–Trinajstić information content (AvgIpc) is 1.64. The average molecular weight is 1770 g/mol. The minimum absolute atomic E-state index is 0.0929. The molecule has 0 aliphatic carbocycles. The van der Waals surface area contributed by atoms with Gasteiger partial charge in [-0.15, -0.1) is 0 Å². The molecule has 0 aromatic heterocycles. The fourth-order valence-corrected chi connectivity index (χ4v) is 12.9. The second-order valence-electron chi connectivity index (χ2n) is 29.0. The number of amides is 1. The van der Waals surface area contributed by atoms with Crippen LogP contribution < -0.4 is 38.5 Å². The SMILES string of the molecule is C=CC(=O)OCCCCCCOC(=O)Oc1ccc(C(=O)Oc2ccc(C(=O)Oc3ccc(C(=O)O[C@H]4COC5C4OC[C@H]5OC)cc3)cc2)cc1.C=CC(=O)OCCCCCCOC(=O)Oc1ccc(C(=O)Oc2ccc(C(=O)Oc3ccc(C(C)=O)cc3)cc2)cc1.C=CC(=O)OCCOc1ccc(Cc2ccc(C(=O)N[C@@H](C)c3cccc4ccccc34)cc2)cc1. The summed E-state index contributed by atoms with van der Waals surface area (Å²) >= 11 is 0. The van der Waals surface area contributed by atoms with Crippen LogP contribution in [0.5, 0.6) is 40.2 Å². The summed E-state index contributed by atoms with van der Waals surface area (Å²) in [5.41, 5.74) is 5.59. The van der Waals surface area contributed by atoms with E-state index in [1.807, 2.05) is 73.7 Å². The van der Waals surface area contributed by atoms with Crippen molar-refractivity contribution >= 4 is 82.5 Å². The molecular weight excluding hydrogens is 1680 g/mol. The number of rotatable bonds is 40. The molecule has 674 valence electrons. The Hall–Kier alpha value is -15.2. The third kappa shape index (κ3) is 31.1. The topological polar surface area (TPSA) is 365 Å². The first kappa shape index (κ1) is 97.0. The van der Waals surface area contributed by atoms with Crippen molar-refractivity contribution in [3.05, 3.63) is 330 Å². The molecule has 2 unspecified atom stereocenters. The van der Waals surface area contributed by atoms with Crippen molar-refractivity contribution < 1.29 is 133 Å². The number of ketones is 1. The van der Waals surface area contributed by atoms with Crippen LogP contribution in [0, 0.1) is 0 Å². The summed E-state index contributed by atoms with van der Waals surface area (Å²) in [6, 6.07) is 64.9. The van der Waals surface area contributed by atoms with Crippen molar-refractivity contribution in [1.29, 1.82) is 0 Å². The summed E-state index contributed by atoms with van der Waals surface area (Å²) in [5, 5.41) is 5.44. The van der Waals surface area contributed by atoms with Crippen molar-refractivity contribution in [1.82, 2.24) is 5.32 Å². The molecule has 10 aromatic rings. The number of nitrogens with one attached hydrogen (secondary N) is 1. The Balaban J connectivity index is 0.000000206. The second kappa shape index (κ2) is 50.8. The molecule has 2 aliphatic rings. The number of ether oxygens (including phenoxy) is 16. The molecule has 0 radical (unpaired) electrons. The molecule has 10 aromatic carbocycles. The van der Waals surface area contributed by atoms with Gasteiger partial charge in [-0.2, -0.15) is 0 Å². The van der Waals surface area contributed by atoms with Crippen LogP contribution in [-0.4, -0.2) is 156 Å². The number of hydrogen-bond acceptors (Lipinski definition) is 28. The van der Waals surface area contributed by atoms with E-state index in [9.17, 15) is 57.5 Å². The fourth-order valence-electron chi connectivity index (χ4n) is 12.9. The van der Waals surface area contributed by atoms with Crippen molar-refractivity contribution in [2.45, 2.75) is 102 Å². The summed E-state index contributed by atoms with van der Waals surface area (Å²) in [7, 11) is 1.58. The maximum atomic E-state index is 12.9. The van der Waals surface area contributed by atoms with Crippen LogP contribution in [0.15, 0.2) is 275 Å². The Bertz CT molecular complexity index is 5520. The number of carbonyl (C=O) groups excluding carboxylic acids is 12.